The van der Waals surface area contributed by atoms with E-state index < -0.39 is 91.8 Å². The molecule has 3 rings (SSSR count). The van der Waals surface area contributed by atoms with Crippen LogP contribution < -0.4 is 0 Å². The maximum Gasteiger partial charge on any atom is 0.303 e. The number of hydrogen-bond acceptors (Lipinski definition) is 15. The van der Waals surface area contributed by atoms with Gasteiger partial charge in [0, 0.05) is 41.0 Å². The van der Waals surface area contributed by atoms with Crippen LogP contribution in [0.5, 0.6) is 0 Å². The molecule has 2 heterocycles. The Bertz CT molecular complexity index is 1140. The van der Waals surface area contributed by atoms with Gasteiger partial charge < -0.3 is 47.7 Å². The molecule has 44 heavy (non-hydrogen) atoms. The Balaban J connectivity index is 1.95. The average Bonchev–Trinajstić information content (AvgIpc) is 2.92. The van der Waals surface area contributed by atoms with Crippen LogP contribution >= 0.6 is 0 Å². The second kappa shape index (κ2) is 16.4. The number of benzene rings is 1. The lowest BCUT2D eigenvalue weighted by molar-refractivity contribution is -0.347. The first kappa shape index (κ1) is 34.9. The van der Waals surface area contributed by atoms with Gasteiger partial charge in [-0.15, -0.1) is 0 Å². The second-order valence-corrected chi connectivity index (χ2v) is 10.2. The normalized spacial score (nSPS) is 30.0. The lowest BCUT2D eigenvalue weighted by Gasteiger charge is -2.46. The highest BCUT2D eigenvalue weighted by Crippen LogP contribution is 2.33. The van der Waals surface area contributed by atoms with Gasteiger partial charge in [-0.3, -0.25) is 24.0 Å². The molecule has 2 saturated heterocycles. The van der Waals surface area contributed by atoms with Crippen LogP contribution in [0.3, 0.4) is 0 Å². The van der Waals surface area contributed by atoms with E-state index in [2.05, 4.69) is 0 Å². The zero-order valence-electron chi connectivity index (χ0n) is 25.1. The Labute approximate surface area is 253 Å². The minimum Gasteiger partial charge on any atom is -0.463 e. The SMILES string of the molecule is CC(=O)OC[C@H]1O[C@H](O)[C@H](OC(C)=O)[C@@H](OC(C)=O)[C@@H]1O[C@@H]1O[C@H](COCc2ccccc2)C[C@H](OC(C)=O)[C@H]1OC(C)=O. The number of carbonyl (C=O) groups is 5. The number of ether oxygens (including phenoxy) is 9. The molecule has 1 aromatic carbocycles. The van der Waals surface area contributed by atoms with Crippen LogP contribution in [0.2, 0.25) is 0 Å². The molecule has 0 amide bonds. The smallest absolute Gasteiger partial charge is 0.303 e. The summed E-state index contributed by atoms with van der Waals surface area (Å²) in [5, 5.41) is 10.6. The van der Waals surface area contributed by atoms with E-state index in [1.165, 1.54) is 6.92 Å². The summed E-state index contributed by atoms with van der Waals surface area (Å²) >= 11 is 0. The fourth-order valence-electron chi connectivity index (χ4n) is 4.83. The molecule has 9 atom stereocenters. The summed E-state index contributed by atoms with van der Waals surface area (Å²) in [4.78, 5) is 59.8. The number of aliphatic hydroxyl groups is 1. The largest absolute Gasteiger partial charge is 0.463 e. The van der Waals surface area contributed by atoms with Crippen molar-refractivity contribution in [2.75, 3.05) is 13.2 Å². The van der Waals surface area contributed by atoms with Gasteiger partial charge in [-0.2, -0.15) is 0 Å². The third-order valence-corrected chi connectivity index (χ3v) is 6.45. The molecular weight excluding hydrogens is 588 g/mol. The minimum absolute atomic E-state index is 0.0134. The number of aliphatic hydroxyl groups excluding tert-OH is 1. The molecule has 0 saturated carbocycles. The van der Waals surface area contributed by atoms with Gasteiger partial charge in [0.15, 0.2) is 30.9 Å². The van der Waals surface area contributed by atoms with Gasteiger partial charge in [0.25, 0.3) is 0 Å². The quantitative estimate of drug-likeness (QED) is 0.252. The van der Waals surface area contributed by atoms with Crippen molar-refractivity contribution in [2.24, 2.45) is 0 Å². The average molecular weight is 627 g/mol. The maximum atomic E-state index is 12.1. The molecule has 0 aliphatic carbocycles. The molecule has 244 valence electrons. The molecule has 2 fully saturated rings. The zero-order valence-corrected chi connectivity index (χ0v) is 25.1. The Kier molecular flexibility index (Phi) is 13.0. The van der Waals surface area contributed by atoms with E-state index in [0.717, 1.165) is 33.3 Å². The Morgan fingerprint density at radius 1 is 0.727 bits per heavy atom. The fourth-order valence-corrected chi connectivity index (χ4v) is 4.83. The van der Waals surface area contributed by atoms with E-state index in [0.29, 0.717) is 0 Å². The van der Waals surface area contributed by atoms with Crippen LogP contribution in [0.4, 0.5) is 0 Å². The lowest BCUT2D eigenvalue weighted by Crippen LogP contribution is -2.64. The third-order valence-electron chi connectivity index (χ3n) is 6.45. The van der Waals surface area contributed by atoms with Crippen molar-refractivity contribution >= 4 is 29.8 Å². The summed E-state index contributed by atoms with van der Waals surface area (Å²) in [6, 6.07) is 9.34. The highest BCUT2D eigenvalue weighted by molar-refractivity contribution is 5.68. The number of carbonyl (C=O) groups excluding carboxylic acids is 5. The molecule has 2 aliphatic rings. The maximum absolute atomic E-state index is 12.1. The van der Waals surface area contributed by atoms with E-state index in [-0.39, 0.29) is 19.6 Å². The van der Waals surface area contributed by atoms with Gasteiger partial charge in [0.05, 0.1) is 19.3 Å². The highest BCUT2D eigenvalue weighted by Gasteiger charge is 2.54. The number of rotatable bonds is 12. The van der Waals surface area contributed by atoms with Crippen LogP contribution in [0.25, 0.3) is 0 Å². The Morgan fingerprint density at radius 2 is 1.32 bits per heavy atom. The topological polar surface area (TPSA) is 189 Å². The van der Waals surface area contributed by atoms with E-state index in [1.54, 1.807) is 0 Å². The molecule has 15 heteroatoms. The minimum atomic E-state index is -1.81. The number of esters is 5. The zero-order chi connectivity index (χ0) is 32.4. The molecule has 2 aliphatic heterocycles. The van der Waals surface area contributed by atoms with Crippen molar-refractivity contribution in [2.45, 2.75) is 103 Å². The molecular formula is C29H38O15. The van der Waals surface area contributed by atoms with Crippen LogP contribution in [-0.2, 0) is 73.2 Å². The van der Waals surface area contributed by atoms with E-state index in [4.69, 9.17) is 42.6 Å². The van der Waals surface area contributed by atoms with Crippen LogP contribution in [-0.4, -0.2) is 103 Å². The predicted octanol–water partition coefficient (Wildman–Crippen LogP) is 0.711. The van der Waals surface area contributed by atoms with E-state index in [9.17, 15) is 29.1 Å². The lowest BCUT2D eigenvalue weighted by atomic mass is 9.97. The molecule has 1 aromatic rings. The molecule has 0 unspecified atom stereocenters. The molecule has 0 radical (unpaired) electrons. The van der Waals surface area contributed by atoms with Crippen molar-refractivity contribution < 1.29 is 71.7 Å². The number of hydrogen-bond donors (Lipinski definition) is 1. The molecule has 15 nitrogen and oxygen atoms in total. The van der Waals surface area contributed by atoms with Crippen molar-refractivity contribution in [1.29, 1.82) is 0 Å². The summed E-state index contributed by atoms with van der Waals surface area (Å²) < 4.78 is 50.4. The first-order valence-corrected chi connectivity index (χ1v) is 13.9. The van der Waals surface area contributed by atoms with Gasteiger partial charge >= 0.3 is 29.8 Å². The van der Waals surface area contributed by atoms with Crippen LogP contribution in [0.1, 0.15) is 46.6 Å². The van der Waals surface area contributed by atoms with Gasteiger partial charge in [-0.05, 0) is 5.56 Å². The summed E-state index contributed by atoms with van der Waals surface area (Å²) in [5.41, 5.74) is 0.900. The second-order valence-electron chi connectivity index (χ2n) is 10.2. The van der Waals surface area contributed by atoms with Crippen molar-refractivity contribution in [1.82, 2.24) is 0 Å². The van der Waals surface area contributed by atoms with Crippen LogP contribution in [0.15, 0.2) is 30.3 Å². The van der Waals surface area contributed by atoms with Crippen LogP contribution in [0, 0.1) is 0 Å². The van der Waals surface area contributed by atoms with Gasteiger partial charge in [-0.25, -0.2) is 0 Å². The van der Waals surface area contributed by atoms with E-state index >= 15 is 0 Å². The fraction of sp³-hybridized carbons (Fsp3) is 0.621. The van der Waals surface area contributed by atoms with Crippen molar-refractivity contribution in [3.8, 4) is 0 Å². The van der Waals surface area contributed by atoms with E-state index in [1.807, 2.05) is 30.3 Å². The summed E-state index contributed by atoms with van der Waals surface area (Å²) in [7, 11) is 0. The first-order valence-electron chi connectivity index (χ1n) is 13.9. The standard InChI is InChI=1S/C29H38O15/c1-15(30)37-14-23-24(26(40-18(4)33)27(28(35)43-23)41-19(5)34)44-29-25(39-17(3)32)22(38-16(2)31)11-21(42-29)13-36-12-20-9-7-6-8-10-20/h6-10,21-29,35H,11-14H2,1-5H3/t21-,22-,23+,24+,25+,26-,27+,28-,29-/m0/s1. The van der Waals surface area contributed by atoms with Crippen molar-refractivity contribution in [3.05, 3.63) is 35.9 Å². The monoisotopic (exact) mass is 626 g/mol. The van der Waals surface area contributed by atoms with Gasteiger partial charge in [-0.1, -0.05) is 30.3 Å². The molecule has 0 spiro atoms. The summed E-state index contributed by atoms with van der Waals surface area (Å²) in [5.74, 6) is -3.76. The molecule has 1 N–H and O–H groups in total. The Hall–Kier alpha value is -3.63. The first-order chi connectivity index (χ1) is 20.8. The van der Waals surface area contributed by atoms with Gasteiger partial charge in [0.2, 0.25) is 0 Å². The molecule has 0 bridgehead atoms. The van der Waals surface area contributed by atoms with Gasteiger partial charge in [0.1, 0.15) is 24.9 Å². The third kappa shape index (κ3) is 10.5. The highest BCUT2D eigenvalue weighted by atomic mass is 16.8. The summed E-state index contributed by atoms with van der Waals surface area (Å²) in [6.45, 7) is 5.40. The van der Waals surface area contributed by atoms with Crippen molar-refractivity contribution in [3.63, 3.8) is 0 Å². The molecule has 0 aromatic heterocycles. The Morgan fingerprint density at radius 3 is 1.91 bits per heavy atom. The summed E-state index contributed by atoms with van der Waals surface area (Å²) in [6.07, 6.45) is -12.2. The predicted molar refractivity (Wildman–Crippen MR) is 144 cm³/mol.